The van der Waals surface area contributed by atoms with Gasteiger partial charge in [-0.25, -0.2) is 0 Å². The normalized spacial score (nSPS) is 18.6. The Kier molecular flexibility index (Phi) is 6.54. The number of ether oxygens (including phenoxy) is 2. The van der Waals surface area contributed by atoms with Crippen molar-refractivity contribution in [2.24, 2.45) is 5.92 Å². The van der Waals surface area contributed by atoms with E-state index in [2.05, 4.69) is 93.3 Å². The highest BCUT2D eigenvalue weighted by atomic mass is 16.5. The molecule has 1 saturated heterocycles. The SMILES string of the molecule is COc1cc(/C=C/C2CC(C)(C)N(Cc3ccccc3)C(C)(C)C2)c(OC)c2ccccc12. The van der Waals surface area contributed by atoms with Crippen molar-refractivity contribution in [1.29, 1.82) is 0 Å². The average molecular weight is 444 g/mol. The lowest BCUT2D eigenvalue weighted by molar-refractivity contribution is -0.0491. The third kappa shape index (κ3) is 4.79. The Balaban J connectivity index is 1.62. The highest BCUT2D eigenvalue weighted by Gasteiger charge is 2.44. The minimum absolute atomic E-state index is 0.0950. The van der Waals surface area contributed by atoms with Gasteiger partial charge >= 0.3 is 0 Å². The third-order valence-corrected chi connectivity index (χ3v) is 7.13. The molecule has 1 aliphatic rings. The van der Waals surface area contributed by atoms with Crippen LogP contribution < -0.4 is 9.47 Å². The number of methoxy groups -OCH3 is 2. The Morgan fingerprint density at radius 3 is 2.06 bits per heavy atom. The monoisotopic (exact) mass is 443 g/mol. The van der Waals surface area contributed by atoms with Crippen LogP contribution in [-0.4, -0.2) is 30.2 Å². The molecule has 3 heteroatoms. The molecule has 3 aromatic rings. The first-order valence-corrected chi connectivity index (χ1v) is 11.9. The predicted molar refractivity (Wildman–Crippen MR) is 139 cm³/mol. The predicted octanol–water partition coefficient (Wildman–Crippen LogP) is 7.34. The summed E-state index contributed by atoms with van der Waals surface area (Å²) >= 11 is 0. The number of hydrogen-bond acceptors (Lipinski definition) is 3. The summed E-state index contributed by atoms with van der Waals surface area (Å²) in [5.41, 5.74) is 2.63. The van der Waals surface area contributed by atoms with Crippen molar-refractivity contribution in [3.05, 3.63) is 77.9 Å². The van der Waals surface area contributed by atoms with Crippen LogP contribution in [0.1, 0.15) is 51.7 Å². The van der Waals surface area contributed by atoms with E-state index in [0.29, 0.717) is 5.92 Å². The van der Waals surface area contributed by atoms with Crippen molar-refractivity contribution >= 4 is 16.8 Å². The average Bonchev–Trinajstić information content (AvgIpc) is 2.79. The molecule has 3 aromatic carbocycles. The smallest absolute Gasteiger partial charge is 0.134 e. The molecule has 1 heterocycles. The second-order valence-corrected chi connectivity index (χ2v) is 10.5. The molecular weight excluding hydrogens is 406 g/mol. The van der Waals surface area contributed by atoms with Gasteiger partial charge in [-0.2, -0.15) is 0 Å². The van der Waals surface area contributed by atoms with Crippen molar-refractivity contribution < 1.29 is 9.47 Å². The molecule has 4 rings (SSSR count). The van der Waals surface area contributed by atoms with Gasteiger partial charge < -0.3 is 9.47 Å². The summed E-state index contributed by atoms with van der Waals surface area (Å²) in [6, 6.07) is 21.2. The van der Waals surface area contributed by atoms with Crippen molar-refractivity contribution in [3.63, 3.8) is 0 Å². The highest BCUT2D eigenvalue weighted by molar-refractivity contribution is 5.96. The lowest BCUT2D eigenvalue weighted by Crippen LogP contribution is -2.59. The van der Waals surface area contributed by atoms with E-state index in [0.717, 1.165) is 47.2 Å². The minimum Gasteiger partial charge on any atom is -0.496 e. The van der Waals surface area contributed by atoms with Gasteiger partial charge in [0.2, 0.25) is 0 Å². The first kappa shape index (κ1) is 23.4. The summed E-state index contributed by atoms with van der Waals surface area (Å²) < 4.78 is 11.5. The Labute approximate surface area is 199 Å². The molecule has 0 radical (unpaired) electrons. The fourth-order valence-electron chi connectivity index (χ4n) is 5.82. The maximum atomic E-state index is 5.85. The van der Waals surface area contributed by atoms with Crippen LogP contribution >= 0.6 is 0 Å². The topological polar surface area (TPSA) is 21.7 Å². The maximum Gasteiger partial charge on any atom is 0.134 e. The number of benzene rings is 3. The zero-order valence-corrected chi connectivity index (χ0v) is 20.9. The number of likely N-dealkylation sites (tertiary alicyclic amines) is 1. The number of rotatable bonds is 6. The molecule has 0 N–H and O–H groups in total. The standard InChI is InChI=1S/C30H37NO2/c1-29(2)19-23(20-30(3,4)31(29)21-22-12-8-7-9-13-22)16-17-24-18-27(32-5)25-14-10-11-15-26(25)28(24)33-6/h7-18,23H,19-21H2,1-6H3/b17-16+. The van der Waals surface area contributed by atoms with E-state index in [1.54, 1.807) is 14.2 Å². The fourth-order valence-corrected chi connectivity index (χ4v) is 5.82. The number of piperidine rings is 1. The van der Waals surface area contributed by atoms with Crippen LogP contribution in [0.5, 0.6) is 11.5 Å². The quantitative estimate of drug-likeness (QED) is 0.398. The summed E-state index contributed by atoms with van der Waals surface area (Å²) in [6.07, 6.45) is 6.85. The number of fused-ring (bicyclic) bond motifs is 1. The van der Waals surface area contributed by atoms with Crippen LogP contribution in [0.15, 0.2) is 66.7 Å². The molecule has 0 spiro atoms. The Hall–Kier alpha value is -2.78. The van der Waals surface area contributed by atoms with Crippen molar-refractivity contribution in [1.82, 2.24) is 4.90 Å². The summed E-state index contributed by atoms with van der Waals surface area (Å²) in [5, 5.41) is 2.16. The van der Waals surface area contributed by atoms with Crippen LogP contribution in [-0.2, 0) is 6.54 Å². The molecule has 3 nitrogen and oxygen atoms in total. The van der Waals surface area contributed by atoms with Gasteiger partial charge in [-0.15, -0.1) is 0 Å². The first-order valence-electron chi connectivity index (χ1n) is 11.9. The van der Waals surface area contributed by atoms with Crippen molar-refractivity contribution in [2.45, 2.75) is 58.2 Å². The van der Waals surface area contributed by atoms with E-state index in [1.807, 2.05) is 12.1 Å². The molecule has 0 aliphatic carbocycles. The van der Waals surface area contributed by atoms with Crippen LogP contribution in [0.2, 0.25) is 0 Å². The van der Waals surface area contributed by atoms with Gasteiger partial charge in [0.25, 0.3) is 0 Å². The first-order chi connectivity index (χ1) is 15.7. The Morgan fingerprint density at radius 2 is 1.45 bits per heavy atom. The van der Waals surface area contributed by atoms with Crippen molar-refractivity contribution in [2.75, 3.05) is 14.2 Å². The maximum absolute atomic E-state index is 5.85. The van der Waals surface area contributed by atoms with E-state index in [1.165, 1.54) is 5.56 Å². The molecule has 1 fully saturated rings. The number of allylic oxidation sites excluding steroid dienone is 1. The molecule has 0 amide bonds. The molecule has 0 saturated carbocycles. The zero-order chi connectivity index (χ0) is 23.6. The molecule has 0 atom stereocenters. The minimum atomic E-state index is 0.0950. The van der Waals surface area contributed by atoms with E-state index in [9.17, 15) is 0 Å². The Morgan fingerprint density at radius 1 is 0.848 bits per heavy atom. The summed E-state index contributed by atoms with van der Waals surface area (Å²) in [4.78, 5) is 2.68. The number of nitrogens with zero attached hydrogens (tertiary/aromatic N) is 1. The zero-order valence-electron chi connectivity index (χ0n) is 20.9. The largest absolute Gasteiger partial charge is 0.496 e. The van der Waals surface area contributed by atoms with Crippen LogP contribution in [0.3, 0.4) is 0 Å². The van der Waals surface area contributed by atoms with Gasteiger partial charge in [0, 0.05) is 34.0 Å². The molecule has 33 heavy (non-hydrogen) atoms. The highest BCUT2D eigenvalue weighted by Crippen LogP contribution is 2.44. The second kappa shape index (κ2) is 9.23. The second-order valence-electron chi connectivity index (χ2n) is 10.5. The van der Waals surface area contributed by atoms with Crippen LogP contribution in [0.4, 0.5) is 0 Å². The van der Waals surface area contributed by atoms with Gasteiger partial charge in [-0.3, -0.25) is 4.90 Å². The van der Waals surface area contributed by atoms with Gasteiger partial charge in [0.1, 0.15) is 11.5 Å². The molecule has 0 bridgehead atoms. The molecule has 0 unspecified atom stereocenters. The summed E-state index contributed by atoms with van der Waals surface area (Å²) in [7, 11) is 3.48. The molecular formula is C30H37NO2. The van der Waals surface area contributed by atoms with E-state index < -0.39 is 0 Å². The van der Waals surface area contributed by atoms with Crippen LogP contribution in [0.25, 0.3) is 16.8 Å². The van der Waals surface area contributed by atoms with Gasteiger partial charge in [-0.1, -0.05) is 66.7 Å². The molecule has 1 aliphatic heterocycles. The van der Waals surface area contributed by atoms with E-state index in [-0.39, 0.29) is 11.1 Å². The lowest BCUT2D eigenvalue weighted by atomic mass is 9.73. The third-order valence-electron chi connectivity index (χ3n) is 7.13. The van der Waals surface area contributed by atoms with E-state index in [4.69, 9.17) is 9.47 Å². The Bertz CT molecular complexity index is 1110. The van der Waals surface area contributed by atoms with Gasteiger partial charge in [0.15, 0.2) is 0 Å². The van der Waals surface area contributed by atoms with Gasteiger partial charge in [0.05, 0.1) is 14.2 Å². The lowest BCUT2D eigenvalue weighted by Gasteiger charge is -2.55. The summed E-state index contributed by atoms with van der Waals surface area (Å²) in [5.74, 6) is 2.27. The summed E-state index contributed by atoms with van der Waals surface area (Å²) in [6.45, 7) is 10.5. The number of hydrogen-bond donors (Lipinski definition) is 0. The molecule has 0 aromatic heterocycles. The van der Waals surface area contributed by atoms with Crippen LogP contribution in [0, 0.1) is 5.92 Å². The van der Waals surface area contributed by atoms with Gasteiger partial charge in [-0.05, 0) is 58.1 Å². The van der Waals surface area contributed by atoms with Crippen molar-refractivity contribution in [3.8, 4) is 11.5 Å². The molecule has 174 valence electrons. The fraction of sp³-hybridized carbons (Fsp3) is 0.400. The van der Waals surface area contributed by atoms with E-state index >= 15 is 0 Å².